The van der Waals surface area contributed by atoms with Gasteiger partial charge in [0, 0.05) is 88.1 Å². The van der Waals surface area contributed by atoms with Crippen molar-refractivity contribution in [1.82, 2.24) is 56.0 Å². The van der Waals surface area contributed by atoms with E-state index in [9.17, 15) is 43.2 Å². The first-order valence-corrected chi connectivity index (χ1v) is 29.1. The summed E-state index contributed by atoms with van der Waals surface area (Å²) >= 11 is 2.82. The quantitative estimate of drug-likeness (QED) is 0.0532. The lowest BCUT2D eigenvalue weighted by atomic mass is 9.82. The summed E-state index contributed by atoms with van der Waals surface area (Å²) in [5.41, 5.74) is 1.40. The van der Waals surface area contributed by atoms with Crippen molar-refractivity contribution in [2.24, 2.45) is 0 Å². The Kier molecular flexibility index (Phi) is 15.3. The molecule has 6 aliphatic rings. The van der Waals surface area contributed by atoms with Gasteiger partial charge in [-0.1, -0.05) is 36.4 Å². The van der Waals surface area contributed by atoms with Gasteiger partial charge in [-0.25, -0.2) is 14.6 Å². The number of rotatable bonds is 15. The molecule has 4 aromatic carbocycles. The van der Waals surface area contributed by atoms with E-state index in [1.54, 1.807) is 88.8 Å². The topological polar surface area (TPSA) is 294 Å². The fraction of sp³-hybridized carbons (Fsp3) is 0.317. The van der Waals surface area contributed by atoms with Gasteiger partial charge in [0.2, 0.25) is 11.8 Å². The molecule has 3 atom stereocenters. The molecule has 26 heteroatoms. The monoisotopic (exact) mass is 1200 g/mol. The number of carbonyl (C=O) groups is 9. The van der Waals surface area contributed by atoms with Crippen LogP contribution in [0.3, 0.4) is 0 Å². The number of hydrogen-bond acceptors (Lipinski definition) is 17. The maximum absolute atomic E-state index is 13.0. The number of ether oxygens (including phenoxy) is 3. The highest BCUT2D eigenvalue weighted by molar-refractivity contribution is 7.19. The van der Waals surface area contributed by atoms with Crippen molar-refractivity contribution in [3.63, 3.8) is 0 Å². The number of nitrogens with one attached hydrogen (secondary N) is 6. The third kappa shape index (κ3) is 10.6. The van der Waals surface area contributed by atoms with E-state index in [0.717, 1.165) is 26.8 Å². The van der Waals surface area contributed by atoms with Crippen molar-refractivity contribution in [2.45, 2.75) is 82.3 Å². The Bertz CT molecular complexity index is 3940. The number of nitrogens with zero attached hydrogens (tertiary/aromatic N) is 6. The maximum Gasteiger partial charge on any atom is 0.322 e. The molecule has 11 amide bonds. The minimum atomic E-state index is -1.38. The number of hydrogen-bond donors (Lipinski definition) is 6. The van der Waals surface area contributed by atoms with E-state index in [4.69, 9.17) is 14.2 Å². The Morgan fingerprint density at radius 1 is 0.616 bits per heavy atom. The van der Waals surface area contributed by atoms with Gasteiger partial charge in [0.1, 0.15) is 22.7 Å². The Hall–Kier alpha value is -9.69. The molecule has 0 aliphatic carbocycles. The molecular weight excluding hydrogens is 1140 g/mol. The standard InChI is InChI=1S/C21H17N3O4S.C20H22N4O4S.C19H21N5O4/c1-28-14-7-6-13-10-24(18(25)15(13)9-14)11-21(19(26)22-20(27)23-21)17-8-12-4-2-3-5-16(12)29-17;1-11(2)21-19-22-15(9-29-19)20(7-16(25)23-18(20)27)10-24-8-12-4-5-13(28-3)6-14(12)17(24)26;1-11(2)24-9-13(7-20-24)19(17(26)21-18(27)22-19)10-23-8-12-4-5-14(28-3)6-15(12)16(23)25/h2-9H,10-11H2,1H3,(H2,22,23,26,27);4-6,9,11H,7-8,10H2,1-3H3,(H,21,22)(H,23,25,27);4-7,9,11H,8,10H2,1-3H3,(H2,21,22,26,27)/t21-;20-;19-/m010/s1. The van der Waals surface area contributed by atoms with Gasteiger partial charge in [-0.15, -0.1) is 22.7 Å². The number of thiophene rings is 1. The van der Waals surface area contributed by atoms with Crippen molar-refractivity contribution < 1.29 is 57.4 Å². The smallest absolute Gasteiger partial charge is 0.322 e. The molecule has 0 bridgehead atoms. The lowest BCUT2D eigenvalue weighted by molar-refractivity contribution is -0.127. The fourth-order valence-electron chi connectivity index (χ4n) is 11.3. The van der Waals surface area contributed by atoms with Crippen LogP contribution >= 0.6 is 22.7 Å². The van der Waals surface area contributed by atoms with Crippen molar-refractivity contribution in [3.05, 3.63) is 152 Å². The van der Waals surface area contributed by atoms with Gasteiger partial charge >= 0.3 is 12.1 Å². The van der Waals surface area contributed by atoms with E-state index in [0.29, 0.717) is 74.8 Å². The molecule has 9 heterocycles. The van der Waals surface area contributed by atoms with Crippen LogP contribution in [0.15, 0.2) is 103 Å². The molecule has 24 nitrogen and oxygen atoms in total. The second-order valence-electron chi connectivity index (χ2n) is 22.1. The van der Waals surface area contributed by atoms with Crippen molar-refractivity contribution in [2.75, 3.05) is 46.3 Å². The first-order valence-electron chi connectivity index (χ1n) is 27.4. The van der Waals surface area contributed by atoms with Gasteiger partial charge in [0.05, 0.1) is 46.3 Å². The predicted molar refractivity (Wildman–Crippen MR) is 315 cm³/mol. The van der Waals surface area contributed by atoms with E-state index in [1.807, 2.05) is 82.3 Å². The lowest BCUT2D eigenvalue weighted by Gasteiger charge is -2.30. The van der Waals surface area contributed by atoms with Crippen LogP contribution < -0.4 is 46.1 Å². The number of aromatic nitrogens is 3. The first-order chi connectivity index (χ1) is 41.2. The summed E-state index contributed by atoms with van der Waals surface area (Å²) in [6, 6.07) is 24.9. The summed E-state index contributed by atoms with van der Waals surface area (Å²) in [5.74, 6) is -0.492. The van der Waals surface area contributed by atoms with Crippen LogP contribution in [-0.4, -0.2) is 130 Å². The normalized spacial score (nSPS) is 20.9. The van der Waals surface area contributed by atoms with Gasteiger partial charge in [-0.05, 0) is 98.3 Å². The summed E-state index contributed by atoms with van der Waals surface area (Å²) in [6.45, 7) is 9.16. The molecule has 13 rings (SSSR count). The molecule has 7 aromatic rings. The van der Waals surface area contributed by atoms with Gasteiger partial charge in [-0.3, -0.25) is 54.2 Å². The van der Waals surface area contributed by atoms with Crippen LogP contribution in [0.2, 0.25) is 0 Å². The van der Waals surface area contributed by atoms with Crippen molar-refractivity contribution >= 4 is 91.3 Å². The highest BCUT2D eigenvalue weighted by Gasteiger charge is 2.54. The van der Waals surface area contributed by atoms with Crippen LogP contribution in [0.4, 0.5) is 14.7 Å². The number of amides is 11. The molecule has 444 valence electrons. The molecule has 0 saturated carbocycles. The number of carbonyl (C=O) groups excluding carboxylic acids is 9. The summed E-state index contributed by atoms with van der Waals surface area (Å²) < 4.78 is 18.4. The molecular formula is C60H60N12O12S2. The number of imide groups is 3. The van der Waals surface area contributed by atoms with Crippen LogP contribution in [-0.2, 0) is 55.3 Å². The molecule has 3 saturated heterocycles. The largest absolute Gasteiger partial charge is 0.497 e. The Morgan fingerprint density at radius 2 is 1.13 bits per heavy atom. The van der Waals surface area contributed by atoms with E-state index in [-0.39, 0.29) is 61.8 Å². The third-order valence-corrected chi connectivity index (χ3v) is 17.9. The van der Waals surface area contributed by atoms with Gasteiger partial charge < -0.3 is 44.9 Å². The van der Waals surface area contributed by atoms with E-state index >= 15 is 0 Å². The zero-order valence-corrected chi connectivity index (χ0v) is 49.5. The number of anilines is 1. The van der Waals surface area contributed by atoms with E-state index in [2.05, 4.69) is 42.0 Å². The van der Waals surface area contributed by atoms with E-state index < -0.39 is 46.3 Å². The molecule has 3 fully saturated rings. The summed E-state index contributed by atoms with van der Waals surface area (Å²) in [5, 5.41) is 23.5. The maximum atomic E-state index is 13.0. The minimum Gasteiger partial charge on any atom is -0.497 e. The number of thiazole rings is 1. The van der Waals surface area contributed by atoms with Crippen LogP contribution in [0, 0.1) is 0 Å². The Balaban J connectivity index is 0.000000134. The zero-order valence-electron chi connectivity index (χ0n) is 47.8. The van der Waals surface area contributed by atoms with Crippen LogP contribution in [0.5, 0.6) is 17.2 Å². The minimum absolute atomic E-state index is 0.00416. The zero-order chi connectivity index (χ0) is 61.0. The Labute approximate surface area is 500 Å². The molecule has 3 aromatic heterocycles. The molecule has 6 N–H and O–H groups in total. The molecule has 86 heavy (non-hydrogen) atoms. The number of fused-ring (bicyclic) bond motifs is 4. The van der Waals surface area contributed by atoms with Crippen molar-refractivity contribution in [3.8, 4) is 17.2 Å². The van der Waals surface area contributed by atoms with E-state index in [1.165, 1.54) is 22.7 Å². The number of methoxy groups -OCH3 is 3. The molecule has 6 aliphatic heterocycles. The molecule has 0 unspecified atom stereocenters. The average molecular weight is 1210 g/mol. The average Bonchev–Trinajstić information content (AvgIpc) is 2.08. The molecule has 0 spiro atoms. The number of benzene rings is 4. The summed E-state index contributed by atoms with van der Waals surface area (Å²) in [6.07, 6.45) is 3.26. The highest BCUT2D eigenvalue weighted by Crippen LogP contribution is 2.41. The Morgan fingerprint density at radius 3 is 1.58 bits per heavy atom. The first kappa shape index (κ1) is 58.1. The van der Waals surface area contributed by atoms with Crippen LogP contribution in [0.1, 0.15) is 104 Å². The third-order valence-electron chi connectivity index (χ3n) is 15.8. The summed E-state index contributed by atoms with van der Waals surface area (Å²) in [7, 11) is 4.64. The number of urea groups is 2. The SMILES string of the molecule is COc1ccc2c(c1)C(=O)N(C[C@@]1(c3cc4ccccc4s3)NC(=O)NC1=O)C2.COc1ccc2c(c1)C(=O)N(C[C@@]1(c3cnn(C(C)C)c3)NC(=O)NC1=O)C2.COc1ccc2c(c1)C(=O)N(C[C@@]1(c3csc(NC(C)C)n3)CC(=O)NC1=O)C2. The van der Waals surface area contributed by atoms with Gasteiger partial charge in [-0.2, -0.15) is 5.10 Å². The molecule has 0 radical (unpaired) electrons. The highest BCUT2D eigenvalue weighted by atomic mass is 32.1. The van der Waals surface area contributed by atoms with Crippen LogP contribution in [0.25, 0.3) is 10.1 Å². The fourth-order valence-corrected chi connectivity index (χ4v) is 13.5. The predicted octanol–water partition coefficient (Wildman–Crippen LogP) is 5.68. The summed E-state index contributed by atoms with van der Waals surface area (Å²) in [4.78, 5) is 124. The van der Waals surface area contributed by atoms with Gasteiger partial charge in [0.25, 0.3) is 29.5 Å². The second-order valence-corrected chi connectivity index (χ2v) is 24.0. The lowest BCUT2D eigenvalue weighted by Crippen LogP contribution is -2.52. The van der Waals surface area contributed by atoms with Crippen molar-refractivity contribution in [1.29, 1.82) is 0 Å². The second kappa shape index (κ2) is 22.7. The van der Waals surface area contributed by atoms with Gasteiger partial charge in [0.15, 0.2) is 16.2 Å².